The van der Waals surface area contributed by atoms with Crippen LogP contribution in [0.4, 0.5) is 8.78 Å². The lowest BCUT2D eigenvalue weighted by molar-refractivity contribution is -0.152. The van der Waals surface area contributed by atoms with Crippen molar-refractivity contribution in [2.24, 2.45) is 23.3 Å². The second-order valence-corrected chi connectivity index (χ2v) is 36.3. The monoisotopic (exact) mass is 1870 g/mol. The fraction of sp³-hybridized carbons (Fsp3) is 0.511. The molecule has 0 spiro atoms. The molecular weight excluding hydrogens is 1740 g/mol. The zero-order valence-electron chi connectivity index (χ0n) is 75.8. The number of H-pyrrole nitrogens is 1. The molecule has 0 saturated carbocycles. The van der Waals surface area contributed by atoms with Crippen LogP contribution in [0, 0.1) is 23.5 Å². The minimum Gasteiger partial charge on any atom is -0.508 e. The van der Waals surface area contributed by atoms with Gasteiger partial charge in [0.05, 0.1) is 67.4 Å². The number of epoxide rings is 2. The van der Waals surface area contributed by atoms with Gasteiger partial charge in [-0.05, 0) is 133 Å². The van der Waals surface area contributed by atoms with Gasteiger partial charge in [0.2, 0.25) is 65.0 Å². The van der Waals surface area contributed by atoms with E-state index in [0.717, 1.165) is 45.3 Å². The average molecular weight is 1870 g/mol. The van der Waals surface area contributed by atoms with E-state index < -0.39 is 223 Å². The van der Waals surface area contributed by atoms with Crippen LogP contribution in [-0.2, 0) is 109 Å². The Bertz CT molecular complexity index is 5030. The number of nitrogens with zero attached hydrogens (tertiary/aromatic N) is 5. The number of aliphatic hydroxyl groups excluding tert-OH is 1. The SMILES string of the molecule is CCCC[C@@H](C(=O)N1CCC[C@@H]1C(O)N[C@H](C=O)CC(=O)O)N(C)C(=O)[C@H](Cc1ccccc1)N(C)C(=O)[C@H](Cc1ccc(F)cc1)NC(=O)CSC[C@H](NC(=O)[C@H](CC(C)C)NC(=O)[C@H](Cc1ccc(O)cc1)NC1OC1[C@H](Cc1c[nH]c2ccccc12)NC(=O)C1CCCN1C1OC1[C@H](CC(=O)O)NC(=O)C(Cc1ccc(F)cc1)N(C)C(=O)[C@@H](N)C(C)C)C(=O)NCC(N)=O. The van der Waals surface area contributed by atoms with Gasteiger partial charge in [0, 0.05) is 76.3 Å². The van der Waals surface area contributed by atoms with Crippen molar-refractivity contribution in [3.05, 3.63) is 173 Å². The van der Waals surface area contributed by atoms with Crippen LogP contribution >= 0.6 is 11.8 Å². The molecule has 0 aliphatic carbocycles. The molecule has 4 aliphatic heterocycles. The fourth-order valence-electron chi connectivity index (χ4n) is 17.0. The van der Waals surface area contributed by atoms with Crippen molar-refractivity contribution in [2.45, 2.75) is 240 Å². The van der Waals surface area contributed by atoms with Gasteiger partial charge >= 0.3 is 11.9 Å². The molecule has 18 atom stereocenters. The summed E-state index contributed by atoms with van der Waals surface area (Å²) in [6, 6.07) is 17.5. The van der Waals surface area contributed by atoms with Crippen molar-refractivity contribution in [3.8, 4) is 5.75 Å². The molecule has 0 radical (unpaired) electrons. The number of hydrogen-bond donors (Lipinski definition) is 15. The number of likely N-dealkylation sites (N-methyl/N-ethyl adjacent to an activating group) is 3. The Labute approximate surface area is 774 Å². The summed E-state index contributed by atoms with van der Waals surface area (Å²) in [7, 11) is 4.21. The number of amides is 11. The first kappa shape index (κ1) is 103. The number of aliphatic carboxylic acids is 2. The number of thioether (sulfide) groups is 1. The van der Waals surface area contributed by atoms with E-state index in [4.69, 9.17) is 20.9 Å². The number of aldehydes is 1. The number of halogens is 2. The Morgan fingerprint density at radius 1 is 0.617 bits per heavy atom. The van der Waals surface area contributed by atoms with E-state index in [1.165, 1.54) is 84.4 Å². The van der Waals surface area contributed by atoms with Gasteiger partial charge in [-0.25, -0.2) is 8.78 Å². The van der Waals surface area contributed by atoms with E-state index in [1.54, 1.807) is 75.1 Å². The normalized spacial score (nSPS) is 19.7. The van der Waals surface area contributed by atoms with Crippen LogP contribution in [0.5, 0.6) is 5.75 Å². The largest absolute Gasteiger partial charge is 0.508 e. The van der Waals surface area contributed by atoms with Gasteiger partial charge in [-0.3, -0.25) is 77.9 Å². The number of phenolic OH excluding ortho intramolecular Hbond substituents is 1. The maximum Gasteiger partial charge on any atom is 0.305 e. The lowest BCUT2D eigenvalue weighted by atomic mass is 9.99. The number of carboxylic acids is 2. The first-order chi connectivity index (χ1) is 63.4. The minimum atomic E-state index is -1.54. The molecule has 5 aromatic carbocycles. The zero-order valence-corrected chi connectivity index (χ0v) is 76.7. The number of carboxylic acid groups (broad SMARTS) is 2. The van der Waals surface area contributed by atoms with Gasteiger partial charge in [-0.2, -0.15) is 0 Å². The number of carbonyl (C=O) groups excluding carboxylic acids is 12. The lowest BCUT2D eigenvalue weighted by Crippen LogP contribution is -2.60. The smallest absolute Gasteiger partial charge is 0.305 e. The number of aromatic hydroxyl groups is 1. The highest BCUT2D eigenvalue weighted by Gasteiger charge is 2.56. The third kappa shape index (κ3) is 29.3. The third-order valence-corrected chi connectivity index (χ3v) is 25.6. The Balaban J connectivity index is 0.841. The number of fused-ring (bicyclic) bond motifs is 1. The first-order valence-corrected chi connectivity index (χ1v) is 46.1. The molecule has 0 bridgehead atoms. The Kier molecular flexibility index (Phi) is 37.8. The second kappa shape index (κ2) is 48.7. The summed E-state index contributed by atoms with van der Waals surface area (Å²) >= 11 is 0.830. The second-order valence-electron chi connectivity index (χ2n) is 35.3. The summed E-state index contributed by atoms with van der Waals surface area (Å²) in [4.78, 5) is 206. The van der Waals surface area contributed by atoms with Gasteiger partial charge in [0.15, 0.2) is 0 Å². The number of phenols is 1. The van der Waals surface area contributed by atoms with Gasteiger partial charge in [-0.1, -0.05) is 132 Å². The molecule has 4 aliphatic rings. The maximum absolute atomic E-state index is 15.4. The minimum absolute atomic E-state index is 0.0161. The van der Waals surface area contributed by atoms with E-state index in [2.05, 4.69) is 47.5 Å². The van der Waals surface area contributed by atoms with Crippen molar-refractivity contribution < 1.29 is 106 Å². The highest BCUT2D eigenvalue weighted by Crippen LogP contribution is 2.38. The van der Waals surface area contributed by atoms with Crippen molar-refractivity contribution in [1.29, 1.82) is 0 Å². The summed E-state index contributed by atoms with van der Waals surface area (Å²) < 4.78 is 41.3. The average Bonchev–Trinajstić information content (AvgIpc) is 1.60. The van der Waals surface area contributed by atoms with Crippen LogP contribution < -0.4 is 54.0 Å². The lowest BCUT2D eigenvalue weighted by Gasteiger charge is -2.38. The zero-order chi connectivity index (χ0) is 96.6. The van der Waals surface area contributed by atoms with E-state index in [1.807, 2.05) is 37.4 Å². The summed E-state index contributed by atoms with van der Waals surface area (Å²) in [5.41, 5.74) is 15.4. The summed E-state index contributed by atoms with van der Waals surface area (Å²) in [6.45, 7) is 8.79. The van der Waals surface area contributed by atoms with Crippen LogP contribution in [0.3, 0.4) is 0 Å². The molecule has 6 aromatic rings. The number of primary amides is 1. The number of unbranched alkanes of at least 4 members (excludes halogenated alkanes) is 1. The standard InChI is InChI=1S/C94H124F2N16O20S/c1-9-10-22-73(92(129)111-37-16-23-71(111)86(124)101-61(49-113)45-78(117)118)108(6)91(128)75(43-54-18-12-11-13-19-54)110(8)90(127)69(41-55-25-31-59(95)32-26-55)102-77(116)51-133-50-70(83(121)100-48-76(97)115)106-84(122)67(39-52(2)3)105-85(123)68(40-56-29-35-62(114)36-30-56)107-89-81(131-89)65(44-58-47-99-64-21-15-14-20-63(58)64)103-87(125)72-24-17-38-112(72)94-82(132-94)66(46-79(119)120)104-88(126)74(42-57-27-33-60(96)34-28-57)109(7)93(130)80(98)53(4)5/h11-15,18-21,25-36,47,49,52-53,61,65-75,80-82,86,89,94,99,101,107,114,124H,9-10,16-17,22-24,37-46,48,50-51,98H2,1-8H3,(H2,97,115)(H,100,121)(H,102,116)(H,103,125)(H,104,126)(H,105,123)(H,106,122)(H,117,118)(H,119,120)/t61-,65-,66-,67-,68-,69-,70-,71+,72?,73-,74?,75-,80-,81?,82?,86?,89?,94?/m0/s1. The van der Waals surface area contributed by atoms with Crippen LogP contribution in [0.15, 0.2) is 134 Å². The van der Waals surface area contributed by atoms with Crippen LogP contribution in [0.2, 0.25) is 0 Å². The van der Waals surface area contributed by atoms with Gasteiger partial charge < -0.3 is 103 Å². The molecular formula is C94H124F2N16O20S. The molecule has 1 aromatic heterocycles. The van der Waals surface area contributed by atoms with E-state index >= 15 is 19.2 Å². The van der Waals surface area contributed by atoms with Crippen LogP contribution in [0.25, 0.3) is 10.9 Å². The van der Waals surface area contributed by atoms with Crippen molar-refractivity contribution in [1.82, 2.24) is 72.0 Å². The number of nitrogens with two attached hydrogens (primary N) is 2. The highest BCUT2D eigenvalue weighted by atomic mass is 32.2. The predicted molar refractivity (Wildman–Crippen MR) is 487 cm³/mol. The third-order valence-electron chi connectivity index (χ3n) is 24.5. The number of likely N-dealkylation sites (tertiary alicyclic amines) is 2. The number of aromatic nitrogens is 1. The van der Waals surface area contributed by atoms with Gasteiger partial charge in [0.1, 0.15) is 90.8 Å². The molecule has 720 valence electrons. The Morgan fingerprint density at radius 3 is 1.83 bits per heavy atom. The number of para-hydroxylation sites is 1. The van der Waals surface area contributed by atoms with Crippen molar-refractivity contribution in [2.75, 3.05) is 52.3 Å². The van der Waals surface area contributed by atoms with Crippen molar-refractivity contribution >= 4 is 106 Å². The summed E-state index contributed by atoms with van der Waals surface area (Å²) in [5.74, 6) is -13.2. The number of ether oxygens (including phenoxy) is 2. The van der Waals surface area contributed by atoms with Crippen LogP contribution in [0.1, 0.15) is 127 Å². The molecule has 133 heavy (non-hydrogen) atoms. The number of aliphatic hydroxyl groups is 1. The molecule has 7 unspecified atom stereocenters. The van der Waals surface area contributed by atoms with E-state index in [9.17, 15) is 77.2 Å². The van der Waals surface area contributed by atoms with E-state index in [0.29, 0.717) is 67.2 Å². The molecule has 11 amide bonds. The quantitative estimate of drug-likeness (QED) is 0.0148. The van der Waals surface area contributed by atoms with Gasteiger partial charge in [0.25, 0.3) is 0 Å². The number of carbonyl (C=O) groups is 14. The Morgan fingerprint density at radius 2 is 1.20 bits per heavy atom. The summed E-state index contributed by atoms with van der Waals surface area (Å²) in [6.07, 6.45) is -1.70. The molecule has 36 nitrogen and oxygen atoms in total. The Hall–Kier alpha value is -11.8. The molecule has 17 N–H and O–H groups in total. The highest BCUT2D eigenvalue weighted by molar-refractivity contribution is 8.00. The molecule has 5 heterocycles. The van der Waals surface area contributed by atoms with Gasteiger partial charge in [-0.15, -0.1) is 11.8 Å². The maximum atomic E-state index is 15.4. The molecule has 39 heteroatoms. The topological polar surface area (TPSA) is 525 Å². The number of rotatable bonds is 52. The number of nitrogens with one attached hydrogen (secondary N) is 9. The summed E-state index contributed by atoms with van der Waals surface area (Å²) in [5, 5.41) is 65.0. The fourth-order valence-corrected chi connectivity index (χ4v) is 17.9. The molecule has 10 rings (SSSR count). The first-order valence-electron chi connectivity index (χ1n) is 44.9. The van der Waals surface area contributed by atoms with E-state index in [-0.39, 0.29) is 81.2 Å². The van der Waals surface area contributed by atoms with Crippen LogP contribution in [-0.4, -0.2) is 295 Å². The number of aromatic amines is 1. The number of benzene rings is 5. The number of hydrogen-bond acceptors (Lipinski definition) is 23. The predicted octanol–water partition coefficient (Wildman–Crippen LogP) is 2.41. The van der Waals surface area contributed by atoms with Crippen molar-refractivity contribution in [3.63, 3.8) is 0 Å². The molecule has 4 saturated heterocycles. The molecule has 4 fully saturated rings.